The molecule has 0 atom stereocenters. The van der Waals surface area contributed by atoms with Crippen molar-refractivity contribution < 1.29 is 0 Å². The fraction of sp³-hybridized carbons (Fsp3) is 0.300. The van der Waals surface area contributed by atoms with Gasteiger partial charge >= 0.3 is 0 Å². The van der Waals surface area contributed by atoms with Crippen LogP contribution < -0.4 is 5.56 Å². The van der Waals surface area contributed by atoms with Gasteiger partial charge in [0.05, 0.1) is 29.3 Å². The Morgan fingerprint density at radius 3 is 2.71 bits per heavy atom. The first-order valence-electron chi connectivity index (χ1n) is 9.09. The van der Waals surface area contributed by atoms with E-state index in [0.717, 1.165) is 39.8 Å². The largest absolute Gasteiger partial charge is 0.325 e. The molecule has 8 heteroatoms. The predicted octanol–water partition coefficient (Wildman–Crippen LogP) is 4.65. The minimum Gasteiger partial charge on any atom is -0.325 e. The van der Waals surface area contributed by atoms with Crippen LogP contribution in [0.5, 0.6) is 0 Å². The summed E-state index contributed by atoms with van der Waals surface area (Å²) in [7, 11) is 0. The van der Waals surface area contributed by atoms with Crippen LogP contribution in [0.2, 0.25) is 5.15 Å². The lowest BCUT2D eigenvalue weighted by Gasteiger charge is -2.13. The number of fused-ring (bicyclic) bond motifs is 2. The Balaban J connectivity index is 1.87. The molecule has 1 aromatic carbocycles. The lowest BCUT2D eigenvalue weighted by molar-refractivity contribution is 0.507. The monoisotopic (exact) mass is 459 g/mol. The van der Waals surface area contributed by atoms with E-state index < -0.39 is 0 Å². The zero-order valence-electron chi connectivity index (χ0n) is 15.6. The van der Waals surface area contributed by atoms with Gasteiger partial charge in [-0.2, -0.15) is 0 Å². The average Bonchev–Trinajstić information content (AvgIpc) is 2.98. The normalized spacial score (nSPS) is 11.8. The highest BCUT2D eigenvalue weighted by molar-refractivity contribution is 9.10. The van der Waals surface area contributed by atoms with Crippen molar-refractivity contribution in [3.8, 4) is 0 Å². The lowest BCUT2D eigenvalue weighted by atomic mass is 10.1. The van der Waals surface area contributed by atoms with E-state index in [-0.39, 0.29) is 5.56 Å². The van der Waals surface area contributed by atoms with Crippen LogP contribution in [-0.2, 0) is 13.1 Å². The number of imidazole rings is 1. The molecule has 0 saturated carbocycles. The second-order valence-corrected chi connectivity index (χ2v) is 8.46. The predicted molar refractivity (Wildman–Crippen MR) is 115 cm³/mol. The number of benzene rings is 1. The van der Waals surface area contributed by atoms with E-state index in [1.165, 1.54) is 6.20 Å². The van der Waals surface area contributed by atoms with Gasteiger partial charge in [0.15, 0.2) is 5.65 Å². The van der Waals surface area contributed by atoms with Gasteiger partial charge in [0.1, 0.15) is 11.0 Å². The number of aromatic nitrogens is 5. The van der Waals surface area contributed by atoms with Crippen LogP contribution in [0.1, 0.15) is 26.1 Å². The number of nitrogens with zero attached hydrogens (tertiary/aromatic N) is 5. The summed E-state index contributed by atoms with van der Waals surface area (Å²) in [6, 6.07) is 9.41. The third-order valence-corrected chi connectivity index (χ3v) is 5.40. The molecule has 3 heterocycles. The highest BCUT2D eigenvalue weighted by Gasteiger charge is 2.15. The van der Waals surface area contributed by atoms with Gasteiger partial charge in [-0.3, -0.25) is 9.36 Å². The van der Waals surface area contributed by atoms with E-state index >= 15 is 0 Å². The smallest absolute Gasteiger partial charge is 0.269 e. The number of rotatable bonds is 5. The maximum absolute atomic E-state index is 12.6. The molecular formula is C20H19BrClN5O. The highest BCUT2D eigenvalue weighted by atomic mass is 79.9. The first kappa shape index (κ1) is 19.1. The maximum Gasteiger partial charge on any atom is 0.269 e. The molecule has 4 rings (SSSR count). The van der Waals surface area contributed by atoms with E-state index in [1.807, 2.05) is 24.3 Å². The van der Waals surface area contributed by atoms with Crippen LogP contribution in [0, 0.1) is 5.92 Å². The molecule has 0 bridgehead atoms. The molecule has 0 amide bonds. The molecule has 6 nitrogen and oxygen atoms in total. The topological polar surface area (TPSA) is 65.6 Å². The summed E-state index contributed by atoms with van der Waals surface area (Å²) in [5.41, 5.74) is 2.87. The summed E-state index contributed by atoms with van der Waals surface area (Å²) in [6.45, 7) is 5.51. The highest BCUT2D eigenvalue weighted by Crippen LogP contribution is 2.21. The summed E-state index contributed by atoms with van der Waals surface area (Å²) in [6.07, 6.45) is 2.35. The first-order valence-corrected chi connectivity index (χ1v) is 10.3. The first-order chi connectivity index (χ1) is 13.4. The van der Waals surface area contributed by atoms with Crippen molar-refractivity contribution in [2.75, 3.05) is 0 Å². The van der Waals surface area contributed by atoms with Crippen molar-refractivity contribution in [2.45, 2.75) is 33.4 Å². The van der Waals surface area contributed by atoms with Crippen LogP contribution in [0.25, 0.3) is 22.2 Å². The summed E-state index contributed by atoms with van der Waals surface area (Å²) < 4.78 is 4.72. The van der Waals surface area contributed by atoms with Gasteiger partial charge in [-0.1, -0.05) is 41.4 Å². The third-order valence-electron chi connectivity index (χ3n) is 4.70. The molecule has 28 heavy (non-hydrogen) atoms. The minimum atomic E-state index is -0.168. The van der Waals surface area contributed by atoms with Gasteiger partial charge in [0.25, 0.3) is 5.56 Å². The molecule has 0 unspecified atom stereocenters. The fourth-order valence-corrected chi connectivity index (χ4v) is 3.72. The van der Waals surface area contributed by atoms with Crippen molar-refractivity contribution in [3.63, 3.8) is 0 Å². The SMILES string of the molecule is CC(C)CCn1c(Cn2c(=O)cnc3ccc(Br)cc32)nc2nc(Cl)ccc21. The van der Waals surface area contributed by atoms with Crippen molar-refractivity contribution in [1.82, 2.24) is 24.1 Å². The molecule has 0 aliphatic rings. The van der Waals surface area contributed by atoms with Gasteiger partial charge in [0.2, 0.25) is 0 Å². The number of hydrogen-bond donors (Lipinski definition) is 0. The zero-order chi connectivity index (χ0) is 19.8. The molecule has 0 N–H and O–H groups in total. The Hall–Kier alpha value is -2.25. The van der Waals surface area contributed by atoms with E-state index in [1.54, 1.807) is 10.6 Å². The Labute approximate surface area is 175 Å². The summed E-state index contributed by atoms with van der Waals surface area (Å²) in [5, 5.41) is 0.406. The Kier molecular flexibility index (Phi) is 5.21. The molecular weight excluding hydrogens is 442 g/mol. The summed E-state index contributed by atoms with van der Waals surface area (Å²) in [5.74, 6) is 1.32. The van der Waals surface area contributed by atoms with Crippen molar-refractivity contribution in [3.05, 3.63) is 62.3 Å². The molecule has 0 aliphatic heterocycles. The van der Waals surface area contributed by atoms with Crippen molar-refractivity contribution in [2.24, 2.45) is 5.92 Å². The molecule has 4 aromatic rings. The van der Waals surface area contributed by atoms with E-state index in [4.69, 9.17) is 16.6 Å². The van der Waals surface area contributed by atoms with Gasteiger partial charge in [-0.25, -0.2) is 15.0 Å². The number of pyridine rings is 1. The van der Waals surface area contributed by atoms with E-state index in [2.05, 4.69) is 44.3 Å². The molecule has 0 aliphatic carbocycles. The average molecular weight is 461 g/mol. The lowest BCUT2D eigenvalue weighted by Crippen LogP contribution is -2.23. The van der Waals surface area contributed by atoms with E-state index in [9.17, 15) is 4.79 Å². The molecule has 0 saturated heterocycles. The van der Waals surface area contributed by atoms with Gasteiger partial charge in [-0.05, 0) is 42.7 Å². The van der Waals surface area contributed by atoms with Crippen LogP contribution in [0.4, 0.5) is 0 Å². The van der Waals surface area contributed by atoms with Gasteiger partial charge in [-0.15, -0.1) is 0 Å². The molecule has 0 spiro atoms. The second-order valence-electron chi connectivity index (χ2n) is 7.15. The second kappa shape index (κ2) is 7.64. The molecule has 0 radical (unpaired) electrons. The van der Waals surface area contributed by atoms with E-state index in [0.29, 0.717) is 23.3 Å². The van der Waals surface area contributed by atoms with Crippen molar-refractivity contribution in [1.29, 1.82) is 0 Å². The third kappa shape index (κ3) is 3.69. The molecule has 3 aromatic heterocycles. The standard InChI is InChI=1S/C20H19BrClN5O/c1-12(2)7-8-26-15-5-6-17(22)24-20(15)25-18(26)11-27-16-9-13(21)3-4-14(16)23-10-19(27)28/h3-6,9-10,12H,7-8,11H2,1-2H3. The van der Waals surface area contributed by atoms with Gasteiger partial charge in [0, 0.05) is 11.0 Å². The van der Waals surface area contributed by atoms with Gasteiger partial charge < -0.3 is 4.57 Å². The Morgan fingerprint density at radius 1 is 1.11 bits per heavy atom. The van der Waals surface area contributed by atoms with Crippen molar-refractivity contribution >= 4 is 49.7 Å². The fourth-order valence-electron chi connectivity index (χ4n) is 3.23. The zero-order valence-corrected chi connectivity index (χ0v) is 17.9. The Bertz CT molecular complexity index is 1230. The van der Waals surface area contributed by atoms with Crippen LogP contribution in [-0.4, -0.2) is 24.1 Å². The summed E-state index contributed by atoms with van der Waals surface area (Å²) >= 11 is 9.54. The van der Waals surface area contributed by atoms with Crippen LogP contribution in [0.3, 0.4) is 0 Å². The molecule has 0 fully saturated rings. The maximum atomic E-state index is 12.6. The Morgan fingerprint density at radius 2 is 1.93 bits per heavy atom. The number of aryl methyl sites for hydroxylation is 1. The minimum absolute atomic E-state index is 0.168. The number of halogens is 2. The summed E-state index contributed by atoms with van der Waals surface area (Å²) in [4.78, 5) is 25.9. The number of hydrogen-bond acceptors (Lipinski definition) is 4. The van der Waals surface area contributed by atoms with Crippen LogP contribution in [0.15, 0.2) is 45.8 Å². The quantitative estimate of drug-likeness (QED) is 0.407. The van der Waals surface area contributed by atoms with Crippen LogP contribution >= 0.6 is 27.5 Å². The molecule has 144 valence electrons.